The van der Waals surface area contributed by atoms with Crippen molar-refractivity contribution in [2.24, 2.45) is 45.3 Å². The normalized spacial score (nSPS) is 47.5. The molecule has 4 nitrogen and oxygen atoms in total. The van der Waals surface area contributed by atoms with E-state index in [2.05, 4.69) is 34.6 Å². The van der Waals surface area contributed by atoms with Gasteiger partial charge in [-0.15, -0.1) is 0 Å². The van der Waals surface area contributed by atoms with Gasteiger partial charge in [0.2, 0.25) is 0 Å². The van der Waals surface area contributed by atoms with Gasteiger partial charge in [-0.25, -0.2) is 0 Å². The molecule has 4 fully saturated rings. The van der Waals surface area contributed by atoms with Gasteiger partial charge in [-0.2, -0.15) is 0 Å². The van der Waals surface area contributed by atoms with Gasteiger partial charge in [-0.1, -0.05) is 40.7 Å². The van der Waals surface area contributed by atoms with E-state index >= 15 is 0 Å². The highest BCUT2D eigenvalue weighted by molar-refractivity contribution is 5.22. The third-order valence-corrected chi connectivity index (χ3v) is 12.5. The molecule has 0 aromatic heterocycles. The molecule has 4 heteroatoms. The number of hydrogen-bond acceptors (Lipinski definition) is 4. The van der Waals surface area contributed by atoms with Gasteiger partial charge in [0, 0.05) is 0 Å². The van der Waals surface area contributed by atoms with E-state index in [1.165, 1.54) is 32.1 Å². The summed E-state index contributed by atoms with van der Waals surface area (Å²) >= 11 is 0. The van der Waals surface area contributed by atoms with Crippen molar-refractivity contribution in [3.05, 3.63) is 11.6 Å². The van der Waals surface area contributed by atoms with Crippen molar-refractivity contribution in [2.45, 2.75) is 124 Å². The summed E-state index contributed by atoms with van der Waals surface area (Å²) < 4.78 is 0. The molecule has 9 atom stereocenters. The lowest BCUT2D eigenvalue weighted by molar-refractivity contribution is -0.220. The van der Waals surface area contributed by atoms with Crippen molar-refractivity contribution in [3.63, 3.8) is 0 Å². The summed E-state index contributed by atoms with van der Waals surface area (Å²) in [4.78, 5) is 0. The molecule has 0 aromatic rings. The van der Waals surface area contributed by atoms with Crippen LogP contribution in [0.15, 0.2) is 11.6 Å². The Bertz CT molecular complexity index is 796. The summed E-state index contributed by atoms with van der Waals surface area (Å²) in [5.74, 6) is 2.20. The van der Waals surface area contributed by atoms with Crippen LogP contribution in [0, 0.1) is 45.3 Å². The largest absolute Gasteiger partial charge is 0.393 e. The first kappa shape index (κ1) is 26.6. The smallest absolute Gasteiger partial charge is 0.0856 e. The summed E-state index contributed by atoms with van der Waals surface area (Å²) in [5, 5.41) is 41.7. The number of hydrogen-bond donors (Lipinski definition) is 4. The van der Waals surface area contributed by atoms with E-state index in [4.69, 9.17) is 0 Å². The molecule has 0 bridgehead atoms. The number of fused-ring (bicyclic) bond motifs is 5. The van der Waals surface area contributed by atoms with Gasteiger partial charge in [0.15, 0.2) is 0 Å². The Morgan fingerprint density at radius 1 is 0.912 bits per heavy atom. The van der Waals surface area contributed by atoms with Crippen LogP contribution in [0.1, 0.15) is 106 Å². The van der Waals surface area contributed by atoms with E-state index in [0.717, 1.165) is 24.8 Å². The van der Waals surface area contributed by atoms with Crippen LogP contribution in [-0.4, -0.2) is 44.8 Å². The number of aliphatic hydroxyl groups is 4. The van der Waals surface area contributed by atoms with Gasteiger partial charge in [0.05, 0.1) is 24.4 Å². The van der Waals surface area contributed by atoms with E-state index in [1.54, 1.807) is 13.8 Å². The van der Waals surface area contributed by atoms with E-state index in [-0.39, 0.29) is 34.4 Å². The quantitative estimate of drug-likeness (QED) is 0.397. The van der Waals surface area contributed by atoms with Gasteiger partial charge in [0.25, 0.3) is 0 Å². The SMILES string of the molecule is CC(C)(O)C(O)C/C=C(\CO)C1CCC2(C)C1CCC1C3(C)CCC(O)C(C)(C)C3CCC12C. The zero-order valence-corrected chi connectivity index (χ0v) is 22.9. The second-order valence-corrected chi connectivity index (χ2v) is 14.5. The Labute approximate surface area is 208 Å². The maximum atomic E-state index is 10.9. The monoisotopic (exact) mass is 476 g/mol. The molecule has 9 unspecified atom stereocenters. The van der Waals surface area contributed by atoms with E-state index in [1.807, 2.05) is 6.08 Å². The van der Waals surface area contributed by atoms with E-state index in [0.29, 0.717) is 30.1 Å². The Kier molecular flexibility index (Phi) is 6.71. The molecule has 0 amide bonds. The zero-order chi connectivity index (χ0) is 25.3. The van der Waals surface area contributed by atoms with Crippen LogP contribution >= 0.6 is 0 Å². The van der Waals surface area contributed by atoms with Crippen LogP contribution in [0.4, 0.5) is 0 Å². The molecule has 4 N–H and O–H groups in total. The standard InChI is InChI=1S/C30H52O4/c1-26(2)22-13-17-30(7)23(28(22,5)15-14-24(26)32)10-9-21-20(12-16-29(21,30)6)19(18-31)8-11-25(33)27(3,4)34/h8,20-25,31-34H,9-18H2,1-7H3/b19-8+. The minimum Gasteiger partial charge on any atom is -0.393 e. The predicted octanol–water partition coefficient (Wildman–Crippen LogP) is 5.47. The van der Waals surface area contributed by atoms with Crippen molar-refractivity contribution in [1.82, 2.24) is 0 Å². The third-order valence-electron chi connectivity index (χ3n) is 12.5. The second-order valence-electron chi connectivity index (χ2n) is 14.5. The second kappa shape index (κ2) is 8.57. The van der Waals surface area contributed by atoms with Gasteiger partial charge in [-0.3, -0.25) is 0 Å². The van der Waals surface area contributed by atoms with Crippen LogP contribution in [-0.2, 0) is 0 Å². The molecule has 4 aliphatic rings. The molecule has 0 spiro atoms. The average molecular weight is 477 g/mol. The molecule has 34 heavy (non-hydrogen) atoms. The van der Waals surface area contributed by atoms with E-state index < -0.39 is 11.7 Å². The fraction of sp³-hybridized carbons (Fsp3) is 0.933. The summed E-state index contributed by atoms with van der Waals surface area (Å²) in [5.41, 5.74) is 0.731. The van der Waals surface area contributed by atoms with Crippen molar-refractivity contribution in [2.75, 3.05) is 6.61 Å². The molecule has 196 valence electrons. The first-order valence-electron chi connectivity index (χ1n) is 14.0. The molecule has 0 radical (unpaired) electrons. The summed E-state index contributed by atoms with van der Waals surface area (Å²) in [7, 11) is 0. The minimum atomic E-state index is -1.14. The number of aliphatic hydroxyl groups excluding tert-OH is 3. The lowest BCUT2D eigenvalue weighted by atomic mass is 9.35. The van der Waals surface area contributed by atoms with Gasteiger partial charge < -0.3 is 20.4 Å². The maximum Gasteiger partial charge on any atom is 0.0856 e. The number of rotatable bonds is 5. The molecule has 4 saturated carbocycles. The van der Waals surface area contributed by atoms with Crippen molar-refractivity contribution < 1.29 is 20.4 Å². The minimum absolute atomic E-state index is 0.0155. The fourth-order valence-corrected chi connectivity index (χ4v) is 10.1. The highest BCUT2D eigenvalue weighted by atomic mass is 16.3. The average Bonchev–Trinajstić information content (AvgIpc) is 3.09. The van der Waals surface area contributed by atoms with Gasteiger partial charge >= 0.3 is 0 Å². The lowest BCUT2D eigenvalue weighted by Crippen LogP contribution is -2.63. The topological polar surface area (TPSA) is 80.9 Å². The summed E-state index contributed by atoms with van der Waals surface area (Å²) in [6.07, 6.45) is 10.7. The van der Waals surface area contributed by atoms with Crippen molar-refractivity contribution >= 4 is 0 Å². The first-order chi connectivity index (χ1) is 15.6. The zero-order valence-electron chi connectivity index (χ0n) is 22.9. The third kappa shape index (κ3) is 3.76. The molecular weight excluding hydrogens is 424 g/mol. The fourth-order valence-electron chi connectivity index (χ4n) is 10.1. The lowest BCUT2D eigenvalue weighted by Gasteiger charge is -2.69. The highest BCUT2D eigenvalue weighted by Gasteiger charge is 2.68. The van der Waals surface area contributed by atoms with Crippen LogP contribution in [0.3, 0.4) is 0 Å². The van der Waals surface area contributed by atoms with Crippen LogP contribution in [0.2, 0.25) is 0 Å². The van der Waals surface area contributed by atoms with Crippen LogP contribution in [0.5, 0.6) is 0 Å². The molecule has 0 saturated heterocycles. The molecular formula is C30H52O4. The van der Waals surface area contributed by atoms with E-state index in [9.17, 15) is 20.4 Å². The van der Waals surface area contributed by atoms with Crippen molar-refractivity contribution in [1.29, 1.82) is 0 Å². The summed E-state index contributed by atoms with van der Waals surface area (Å²) in [6.45, 7) is 15.6. The van der Waals surface area contributed by atoms with Gasteiger partial charge in [-0.05, 0) is 123 Å². The highest BCUT2D eigenvalue weighted by Crippen LogP contribution is 2.75. The Balaban J connectivity index is 1.61. The molecule has 4 aliphatic carbocycles. The maximum absolute atomic E-state index is 10.9. The Morgan fingerprint density at radius 2 is 1.56 bits per heavy atom. The molecule has 4 rings (SSSR count). The predicted molar refractivity (Wildman–Crippen MR) is 137 cm³/mol. The van der Waals surface area contributed by atoms with Gasteiger partial charge in [0.1, 0.15) is 0 Å². The van der Waals surface area contributed by atoms with Crippen LogP contribution < -0.4 is 0 Å². The molecule has 0 aliphatic heterocycles. The Morgan fingerprint density at radius 3 is 2.18 bits per heavy atom. The Hall–Kier alpha value is -0.420. The molecule has 0 aromatic carbocycles. The van der Waals surface area contributed by atoms with Crippen molar-refractivity contribution in [3.8, 4) is 0 Å². The summed E-state index contributed by atoms with van der Waals surface area (Å²) in [6, 6.07) is 0. The molecule has 0 heterocycles. The van der Waals surface area contributed by atoms with Crippen LogP contribution in [0.25, 0.3) is 0 Å². The first-order valence-corrected chi connectivity index (χ1v) is 14.0.